The molecule has 2 amide bonds. The number of esters is 1. The third-order valence-corrected chi connectivity index (χ3v) is 4.70. The Kier molecular flexibility index (Phi) is 4.72. The van der Waals surface area contributed by atoms with Crippen LogP contribution in [0.25, 0.3) is 22.6 Å². The molecular weight excluding hydrogens is 360 g/mol. The summed E-state index contributed by atoms with van der Waals surface area (Å²) in [6, 6.07) is 8.77. The molecule has 9 heteroatoms. The molecule has 0 aliphatic carbocycles. The number of aromatic nitrogens is 4. The summed E-state index contributed by atoms with van der Waals surface area (Å²) in [7, 11) is 0. The summed E-state index contributed by atoms with van der Waals surface area (Å²) >= 11 is 0. The van der Waals surface area contributed by atoms with E-state index in [0.29, 0.717) is 25.5 Å². The lowest BCUT2D eigenvalue weighted by atomic mass is 10.3. The number of imidazole rings is 1. The van der Waals surface area contributed by atoms with E-state index in [0.717, 1.165) is 22.4 Å². The number of H-pyrrole nitrogens is 1. The van der Waals surface area contributed by atoms with Gasteiger partial charge in [-0.25, -0.2) is 14.6 Å². The lowest BCUT2D eigenvalue weighted by Crippen LogP contribution is -2.49. The fraction of sp³-hybridized carbons (Fsp3) is 0.368. The molecular formula is C19H22N6O3. The number of rotatable bonds is 4. The normalized spacial score (nSPS) is 14.6. The van der Waals surface area contributed by atoms with Gasteiger partial charge in [0.1, 0.15) is 11.7 Å². The molecule has 0 unspecified atom stereocenters. The molecule has 2 N–H and O–H groups in total. The minimum absolute atomic E-state index is 0.284. The first kappa shape index (κ1) is 18.0. The molecule has 0 spiro atoms. The first-order valence-electron chi connectivity index (χ1n) is 9.29. The monoisotopic (exact) mass is 382 g/mol. The van der Waals surface area contributed by atoms with Crippen LogP contribution in [-0.4, -0.2) is 55.8 Å². The second-order valence-corrected chi connectivity index (χ2v) is 6.69. The number of hydrogen-bond acceptors (Lipinski definition) is 5. The van der Waals surface area contributed by atoms with Gasteiger partial charge in [0.25, 0.3) is 0 Å². The molecule has 2 aromatic heterocycles. The van der Waals surface area contributed by atoms with Crippen molar-refractivity contribution in [3.05, 3.63) is 36.0 Å². The van der Waals surface area contributed by atoms with Gasteiger partial charge in [0.15, 0.2) is 5.82 Å². The number of nitrogens with zero attached hydrogens (tertiary/aromatic N) is 4. The van der Waals surface area contributed by atoms with Crippen molar-refractivity contribution in [2.45, 2.75) is 33.0 Å². The van der Waals surface area contributed by atoms with Crippen molar-refractivity contribution < 1.29 is 14.3 Å². The molecule has 1 atom stereocenters. The number of fused-ring (bicyclic) bond motifs is 2. The number of carbonyl (C=O) groups is 2. The maximum Gasteiger partial charge on any atom is 0.328 e. The average Bonchev–Trinajstić information content (AvgIpc) is 3.31. The Balaban J connectivity index is 1.47. The van der Waals surface area contributed by atoms with E-state index in [9.17, 15) is 9.59 Å². The lowest BCUT2D eigenvalue weighted by molar-refractivity contribution is -0.144. The molecule has 0 bridgehead atoms. The van der Waals surface area contributed by atoms with E-state index in [-0.39, 0.29) is 12.6 Å². The van der Waals surface area contributed by atoms with Gasteiger partial charge in [-0.1, -0.05) is 12.1 Å². The van der Waals surface area contributed by atoms with Crippen LogP contribution in [0.2, 0.25) is 0 Å². The minimum Gasteiger partial charge on any atom is -0.464 e. The number of carbonyl (C=O) groups excluding carboxylic acids is 2. The zero-order valence-electron chi connectivity index (χ0n) is 15.8. The summed E-state index contributed by atoms with van der Waals surface area (Å²) in [6.07, 6.45) is 0. The SMILES string of the molecule is CCOC(=O)[C@H](C)NC(=O)N1CCn2nc(-c3nc4ccccc4[nH]3)cc2C1. The second-order valence-electron chi connectivity index (χ2n) is 6.69. The number of amides is 2. The summed E-state index contributed by atoms with van der Waals surface area (Å²) in [4.78, 5) is 33.7. The summed E-state index contributed by atoms with van der Waals surface area (Å²) in [5, 5.41) is 7.30. The molecule has 0 saturated heterocycles. The van der Waals surface area contributed by atoms with Crippen LogP contribution < -0.4 is 5.32 Å². The van der Waals surface area contributed by atoms with E-state index < -0.39 is 12.0 Å². The van der Waals surface area contributed by atoms with E-state index in [1.807, 2.05) is 35.0 Å². The quantitative estimate of drug-likeness (QED) is 0.671. The molecule has 3 aromatic rings. The van der Waals surface area contributed by atoms with Gasteiger partial charge < -0.3 is 19.9 Å². The fourth-order valence-corrected chi connectivity index (χ4v) is 3.23. The third-order valence-electron chi connectivity index (χ3n) is 4.70. The number of urea groups is 1. The number of nitrogens with one attached hydrogen (secondary N) is 2. The maximum absolute atomic E-state index is 12.5. The van der Waals surface area contributed by atoms with E-state index >= 15 is 0 Å². The first-order chi connectivity index (χ1) is 13.5. The largest absolute Gasteiger partial charge is 0.464 e. The second kappa shape index (κ2) is 7.34. The molecule has 0 saturated carbocycles. The molecule has 146 valence electrons. The Labute approximate surface area is 161 Å². The van der Waals surface area contributed by atoms with Gasteiger partial charge >= 0.3 is 12.0 Å². The number of para-hydroxylation sites is 2. The van der Waals surface area contributed by atoms with Gasteiger partial charge in [0.05, 0.1) is 36.4 Å². The molecule has 0 radical (unpaired) electrons. The molecule has 4 rings (SSSR count). The Morgan fingerprint density at radius 2 is 2.14 bits per heavy atom. The van der Waals surface area contributed by atoms with Crippen molar-refractivity contribution in [2.75, 3.05) is 13.2 Å². The van der Waals surface area contributed by atoms with Gasteiger partial charge in [-0.3, -0.25) is 4.68 Å². The highest BCUT2D eigenvalue weighted by molar-refractivity contribution is 5.83. The zero-order valence-corrected chi connectivity index (χ0v) is 15.8. The Morgan fingerprint density at radius 3 is 2.93 bits per heavy atom. The number of aromatic amines is 1. The van der Waals surface area contributed by atoms with Crippen LogP contribution in [0.4, 0.5) is 4.79 Å². The Hall–Kier alpha value is -3.36. The lowest BCUT2D eigenvalue weighted by Gasteiger charge is -2.28. The molecule has 1 aliphatic heterocycles. The van der Waals surface area contributed by atoms with Crippen LogP contribution >= 0.6 is 0 Å². The van der Waals surface area contributed by atoms with Crippen LogP contribution in [0.5, 0.6) is 0 Å². The van der Waals surface area contributed by atoms with Crippen LogP contribution in [-0.2, 0) is 22.6 Å². The van der Waals surface area contributed by atoms with Crippen LogP contribution in [0, 0.1) is 0 Å². The molecule has 1 aromatic carbocycles. The third kappa shape index (κ3) is 3.42. The molecule has 1 aliphatic rings. The van der Waals surface area contributed by atoms with Crippen molar-refractivity contribution >= 4 is 23.0 Å². The summed E-state index contributed by atoms with van der Waals surface area (Å²) in [5.41, 5.74) is 3.50. The minimum atomic E-state index is -0.689. The predicted octanol–water partition coefficient (Wildman–Crippen LogP) is 1.90. The van der Waals surface area contributed by atoms with Gasteiger partial charge in [0, 0.05) is 6.54 Å². The van der Waals surface area contributed by atoms with Gasteiger partial charge in [-0.05, 0) is 32.0 Å². The van der Waals surface area contributed by atoms with E-state index in [1.54, 1.807) is 18.7 Å². The van der Waals surface area contributed by atoms with E-state index in [2.05, 4.69) is 20.4 Å². The number of benzene rings is 1. The highest BCUT2D eigenvalue weighted by atomic mass is 16.5. The number of hydrogen-bond donors (Lipinski definition) is 2. The highest BCUT2D eigenvalue weighted by Gasteiger charge is 2.26. The molecule has 0 fully saturated rings. The van der Waals surface area contributed by atoms with Gasteiger partial charge in [0.2, 0.25) is 0 Å². The standard InChI is InChI=1S/C19H22N6O3/c1-3-28-18(26)12(2)20-19(27)24-8-9-25-13(11-24)10-16(23-25)17-21-14-6-4-5-7-15(14)22-17/h4-7,10,12H,3,8-9,11H2,1-2H3,(H,20,27)(H,21,22)/t12-/m0/s1. The summed E-state index contributed by atoms with van der Waals surface area (Å²) in [5.74, 6) is 0.264. The van der Waals surface area contributed by atoms with Gasteiger partial charge in [-0.15, -0.1) is 0 Å². The molecule has 3 heterocycles. The smallest absolute Gasteiger partial charge is 0.328 e. The summed E-state index contributed by atoms with van der Waals surface area (Å²) < 4.78 is 6.82. The van der Waals surface area contributed by atoms with Crippen molar-refractivity contribution in [3.8, 4) is 11.5 Å². The van der Waals surface area contributed by atoms with Crippen LogP contribution in [0.3, 0.4) is 0 Å². The van der Waals surface area contributed by atoms with E-state index in [1.165, 1.54) is 0 Å². The topological polar surface area (TPSA) is 105 Å². The average molecular weight is 382 g/mol. The van der Waals surface area contributed by atoms with Crippen molar-refractivity contribution in [1.82, 2.24) is 30.0 Å². The molecule has 28 heavy (non-hydrogen) atoms. The maximum atomic E-state index is 12.5. The van der Waals surface area contributed by atoms with Crippen molar-refractivity contribution in [2.24, 2.45) is 0 Å². The zero-order chi connectivity index (χ0) is 19.7. The first-order valence-corrected chi connectivity index (χ1v) is 9.29. The van der Waals surface area contributed by atoms with Crippen molar-refractivity contribution in [1.29, 1.82) is 0 Å². The van der Waals surface area contributed by atoms with Crippen LogP contribution in [0.15, 0.2) is 30.3 Å². The molecule has 9 nitrogen and oxygen atoms in total. The van der Waals surface area contributed by atoms with E-state index in [4.69, 9.17) is 4.74 Å². The predicted molar refractivity (Wildman–Crippen MR) is 102 cm³/mol. The van der Waals surface area contributed by atoms with Crippen LogP contribution in [0.1, 0.15) is 19.5 Å². The Morgan fingerprint density at radius 1 is 1.32 bits per heavy atom. The van der Waals surface area contributed by atoms with Crippen molar-refractivity contribution in [3.63, 3.8) is 0 Å². The summed E-state index contributed by atoms with van der Waals surface area (Å²) in [6.45, 7) is 5.13. The Bertz CT molecular complexity index is 991. The fourth-order valence-electron chi connectivity index (χ4n) is 3.23. The number of ether oxygens (including phenoxy) is 1. The van der Waals surface area contributed by atoms with Gasteiger partial charge in [-0.2, -0.15) is 5.10 Å². The highest BCUT2D eigenvalue weighted by Crippen LogP contribution is 2.22.